The van der Waals surface area contributed by atoms with Crippen molar-refractivity contribution in [2.75, 3.05) is 13.4 Å². The number of rotatable bonds is 6. The second-order valence-electron chi connectivity index (χ2n) is 9.93. The van der Waals surface area contributed by atoms with Gasteiger partial charge in [0.15, 0.2) is 16.3 Å². The minimum absolute atomic E-state index is 0.0974. The Morgan fingerprint density at radius 1 is 1.12 bits per heavy atom. The zero-order chi connectivity index (χ0) is 29.7. The number of carboxylic acid groups (broad SMARTS) is 1. The molecule has 0 bridgehead atoms. The lowest BCUT2D eigenvalue weighted by Crippen LogP contribution is -2.39. The number of nitrogens with zero attached hydrogens (tertiary/aromatic N) is 3. The van der Waals surface area contributed by atoms with E-state index >= 15 is 0 Å². The van der Waals surface area contributed by atoms with Gasteiger partial charge >= 0.3 is 11.9 Å². The Labute approximate surface area is 244 Å². The maximum absolute atomic E-state index is 14.0. The van der Waals surface area contributed by atoms with Crippen LogP contribution in [0.1, 0.15) is 52.8 Å². The van der Waals surface area contributed by atoms with Gasteiger partial charge in [0.25, 0.3) is 5.56 Å². The van der Waals surface area contributed by atoms with Crippen LogP contribution in [0.5, 0.6) is 11.5 Å². The van der Waals surface area contributed by atoms with Gasteiger partial charge < -0.3 is 23.9 Å². The molecule has 4 heterocycles. The van der Waals surface area contributed by atoms with Crippen molar-refractivity contribution in [1.82, 2.24) is 9.13 Å². The molecule has 6 rings (SSSR count). The topological polar surface area (TPSA) is 121 Å². The summed E-state index contributed by atoms with van der Waals surface area (Å²) in [5.74, 6) is -0.418. The molecular weight excluding hydrogens is 558 g/mol. The minimum atomic E-state index is -1.00. The number of hydrogen-bond acceptors (Lipinski definition) is 8. The lowest BCUT2D eigenvalue weighted by atomic mass is 9.95. The summed E-state index contributed by atoms with van der Waals surface area (Å²) in [5, 5.41) is 9.45. The van der Waals surface area contributed by atoms with Gasteiger partial charge in [0.1, 0.15) is 0 Å². The van der Waals surface area contributed by atoms with Crippen LogP contribution in [0.25, 0.3) is 11.8 Å². The van der Waals surface area contributed by atoms with Crippen molar-refractivity contribution in [2.24, 2.45) is 4.99 Å². The van der Waals surface area contributed by atoms with Gasteiger partial charge in [-0.25, -0.2) is 14.6 Å². The van der Waals surface area contributed by atoms with E-state index in [1.807, 2.05) is 42.7 Å². The number of aryl methyl sites for hydroxylation is 1. The molecule has 0 fully saturated rings. The molecular formula is C31H27N3O7S. The Morgan fingerprint density at radius 2 is 1.90 bits per heavy atom. The zero-order valence-electron chi connectivity index (χ0n) is 23.3. The highest BCUT2D eigenvalue weighted by Gasteiger charge is 2.34. The number of carboxylic acids is 1. The molecule has 10 nitrogen and oxygen atoms in total. The highest BCUT2D eigenvalue weighted by Crippen LogP contribution is 2.38. The van der Waals surface area contributed by atoms with Crippen molar-refractivity contribution in [3.05, 3.63) is 108 Å². The molecule has 0 unspecified atom stereocenters. The second kappa shape index (κ2) is 10.5. The number of ether oxygens (including phenoxy) is 3. The Morgan fingerprint density at radius 3 is 2.67 bits per heavy atom. The number of carbonyl (C=O) groups is 2. The normalized spacial score (nSPS) is 15.9. The van der Waals surface area contributed by atoms with Crippen molar-refractivity contribution in [3.8, 4) is 17.2 Å². The maximum atomic E-state index is 14.0. The molecule has 4 aromatic rings. The Bertz CT molecular complexity index is 2000. The summed E-state index contributed by atoms with van der Waals surface area (Å²) in [6.45, 7) is 7.59. The van der Waals surface area contributed by atoms with Crippen molar-refractivity contribution in [3.63, 3.8) is 0 Å². The van der Waals surface area contributed by atoms with Crippen LogP contribution in [0.15, 0.2) is 69.6 Å². The quantitative estimate of drug-likeness (QED) is 0.343. The largest absolute Gasteiger partial charge is 0.478 e. The van der Waals surface area contributed by atoms with E-state index in [1.165, 1.54) is 15.9 Å². The number of hydrogen-bond donors (Lipinski definition) is 1. The zero-order valence-corrected chi connectivity index (χ0v) is 24.2. The first-order chi connectivity index (χ1) is 20.2. The van der Waals surface area contributed by atoms with Crippen LogP contribution in [0.2, 0.25) is 0 Å². The van der Waals surface area contributed by atoms with E-state index < -0.39 is 18.0 Å². The van der Waals surface area contributed by atoms with Crippen LogP contribution in [0.4, 0.5) is 0 Å². The fourth-order valence-electron chi connectivity index (χ4n) is 5.44. The van der Waals surface area contributed by atoms with E-state index in [2.05, 4.69) is 4.99 Å². The van der Waals surface area contributed by atoms with Gasteiger partial charge in [-0.05, 0) is 81.3 Å². The third-order valence-corrected chi connectivity index (χ3v) is 8.32. The Hall–Kier alpha value is -4.90. The molecule has 214 valence electrons. The molecule has 0 amide bonds. The van der Waals surface area contributed by atoms with Gasteiger partial charge in [0, 0.05) is 17.1 Å². The van der Waals surface area contributed by atoms with E-state index in [0.29, 0.717) is 37.8 Å². The number of allylic oxidation sites excluding steroid dienone is 1. The summed E-state index contributed by atoms with van der Waals surface area (Å²) >= 11 is 1.24. The number of esters is 1. The first-order valence-electron chi connectivity index (χ1n) is 13.3. The molecule has 0 spiro atoms. The Kier molecular flexibility index (Phi) is 6.82. The van der Waals surface area contributed by atoms with Crippen LogP contribution in [0.3, 0.4) is 0 Å². The fraction of sp³-hybridized carbons (Fsp3) is 0.226. The molecule has 2 aromatic heterocycles. The molecule has 1 atom stereocenters. The lowest BCUT2D eigenvalue weighted by molar-refractivity contribution is -0.139. The van der Waals surface area contributed by atoms with Crippen LogP contribution >= 0.6 is 11.3 Å². The molecule has 42 heavy (non-hydrogen) atoms. The monoisotopic (exact) mass is 585 g/mol. The summed E-state index contributed by atoms with van der Waals surface area (Å²) in [4.78, 5) is 43.9. The van der Waals surface area contributed by atoms with Gasteiger partial charge in [0.2, 0.25) is 6.79 Å². The molecule has 1 N–H and O–H groups in total. The number of aromatic carboxylic acids is 1. The SMILES string of the molecule is CCOC(=O)C1=C(C)N=c2s/c(=C\c3cc(C)n(-c4cccc(C(=O)O)c4)c3C)c(=O)n2[C@@H]1c1ccc2c(c1)OCO2. The molecule has 0 saturated heterocycles. The third kappa shape index (κ3) is 4.51. The second-order valence-corrected chi connectivity index (χ2v) is 10.9. The molecule has 0 saturated carbocycles. The molecule has 0 radical (unpaired) electrons. The van der Waals surface area contributed by atoms with Crippen LogP contribution < -0.4 is 24.4 Å². The summed E-state index contributed by atoms with van der Waals surface area (Å²) < 4.78 is 20.3. The number of thiazole rings is 1. The number of aromatic nitrogens is 2. The lowest BCUT2D eigenvalue weighted by Gasteiger charge is -2.24. The van der Waals surface area contributed by atoms with Crippen LogP contribution in [0, 0.1) is 13.8 Å². The van der Waals surface area contributed by atoms with E-state index in [4.69, 9.17) is 14.2 Å². The summed E-state index contributed by atoms with van der Waals surface area (Å²) in [6.07, 6.45) is 1.81. The van der Waals surface area contributed by atoms with E-state index in [9.17, 15) is 19.5 Å². The number of fused-ring (bicyclic) bond motifs is 2. The number of carbonyl (C=O) groups excluding carboxylic acids is 1. The highest BCUT2D eigenvalue weighted by molar-refractivity contribution is 7.07. The fourth-order valence-corrected chi connectivity index (χ4v) is 6.48. The van der Waals surface area contributed by atoms with Crippen LogP contribution in [-0.2, 0) is 9.53 Å². The van der Waals surface area contributed by atoms with E-state index in [-0.39, 0.29) is 30.1 Å². The standard InChI is InChI=1S/C31H27N3O7S/c1-5-39-30(38)26-17(3)32-31-34(27(26)19-9-10-23-24(13-19)41-15-40-23)28(35)25(42-31)14-21-11-16(2)33(18(21)4)22-8-6-7-20(12-22)29(36)37/h6-14,27H,5,15H2,1-4H3,(H,36,37)/b25-14-/t27-/m1/s1. The molecule has 0 aliphatic carbocycles. The van der Waals surface area contributed by atoms with Gasteiger partial charge in [-0.3, -0.25) is 9.36 Å². The van der Waals surface area contributed by atoms with E-state index in [1.54, 1.807) is 44.2 Å². The molecule has 11 heteroatoms. The first kappa shape index (κ1) is 27.3. The molecule has 2 aromatic carbocycles. The summed E-state index contributed by atoms with van der Waals surface area (Å²) in [5.41, 5.74) is 4.55. The van der Waals surface area contributed by atoms with Crippen molar-refractivity contribution in [1.29, 1.82) is 0 Å². The van der Waals surface area contributed by atoms with Crippen molar-refractivity contribution < 1.29 is 28.9 Å². The smallest absolute Gasteiger partial charge is 0.338 e. The van der Waals surface area contributed by atoms with Crippen molar-refractivity contribution >= 4 is 29.4 Å². The first-order valence-corrected chi connectivity index (χ1v) is 14.1. The van der Waals surface area contributed by atoms with Gasteiger partial charge in [-0.2, -0.15) is 0 Å². The average Bonchev–Trinajstić information content (AvgIpc) is 3.63. The highest BCUT2D eigenvalue weighted by atomic mass is 32.1. The van der Waals surface area contributed by atoms with E-state index in [0.717, 1.165) is 17.0 Å². The molecule has 2 aliphatic rings. The average molecular weight is 586 g/mol. The Balaban J connectivity index is 1.51. The minimum Gasteiger partial charge on any atom is -0.478 e. The predicted molar refractivity (Wildman–Crippen MR) is 155 cm³/mol. The van der Waals surface area contributed by atoms with Gasteiger partial charge in [0.05, 0.1) is 34.0 Å². The summed E-state index contributed by atoms with van der Waals surface area (Å²) in [7, 11) is 0. The van der Waals surface area contributed by atoms with Gasteiger partial charge in [-0.15, -0.1) is 0 Å². The maximum Gasteiger partial charge on any atom is 0.338 e. The predicted octanol–water partition coefficient (Wildman–Crippen LogP) is 3.63. The summed E-state index contributed by atoms with van der Waals surface area (Å²) in [6, 6.07) is 13.2. The van der Waals surface area contributed by atoms with Crippen molar-refractivity contribution in [2.45, 2.75) is 33.7 Å². The number of benzene rings is 2. The van der Waals surface area contributed by atoms with Crippen LogP contribution in [-0.4, -0.2) is 39.6 Å². The molecule has 2 aliphatic heterocycles. The van der Waals surface area contributed by atoms with Gasteiger partial charge in [-0.1, -0.05) is 23.5 Å². The third-order valence-electron chi connectivity index (χ3n) is 7.34.